The van der Waals surface area contributed by atoms with Gasteiger partial charge in [-0.15, -0.1) is 0 Å². The van der Waals surface area contributed by atoms with Crippen LogP contribution in [0.2, 0.25) is 0 Å². The van der Waals surface area contributed by atoms with Gasteiger partial charge in [-0.05, 0) is 30.4 Å². The summed E-state index contributed by atoms with van der Waals surface area (Å²) in [5, 5.41) is 12.1. The largest absolute Gasteiger partial charge is 0.478 e. The number of benzene rings is 1. The SMILES string of the molecule is CN(C(=O)NCC1(C)CCCC1)c1ccccc1C(=O)O. The Morgan fingerprint density at radius 1 is 1.29 bits per heavy atom. The van der Waals surface area contributed by atoms with E-state index in [4.69, 9.17) is 0 Å². The van der Waals surface area contributed by atoms with Gasteiger partial charge in [0.05, 0.1) is 11.3 Å². The number of hydrogen-bond acceptors (Lipinski definition) is 2. The quantitative estimate of drug-likeness (QED) is 0.895. The monoisotopic (exact) mass is 290 g/mol. The summed E-state index contributed by atoms with van der Waals surface area (Å²) in [6, 6.07) is 6.25. The van der Waals surface area contributed by atoms with E-state index in [2.05, 4.69) is 12.2 Å². The number of carboxylic acid groups (broad SMARTS) is 1. The van der Waals surface area contributed by atoms with Crippen molar-refractivity contribution in [2.75, 3.05) is 18.5 Å². The van der Waals surface area contributed by atoms with Crippen molar-refractivity contribution >= 4 is 17.7 Å². The molecule has 0 unspecified atom stereocenters. The van der Waals surface area contributed by atoms with Gasteiger partial charge in [0.15, 0.2) is 0 Å². The minimum atomic E-state index is -1.03. The van der Waals surface area contributed by atoms with Crippen LogP contribution in [0.3, 0.4) is 0 Å². The average Bonchev–Trinajstić information content (AvgIpc) is 2.91. The molecule has 0 heterocycles. The third-order valence-corrected chi connectivity index (χ3v) is 4.28. The highest BCUT2D eigenvalue weighted by molar-refractivity contribution is 6.01. The predicted octanol–water partition coefficient (Wildman–Crippen LogP) is 3.11. The molecule has 1 aliphatic rings. The van der Waals surface area contributed by atoms with E-state index in [1.54, 1.807) is 25.2 Å². The van der Waals surface area contributed by atoms with Crippen LogP contribution in [0.15, 0.2) is 24.3 Å². The van der Waals surface area contributed by atoms with Crippen LogP contribution in [-0.2, 0) is 0 Å². The number of amides is 2. The lowest BCUT2D eigenvalue weighted by Crippen LogP contribution is -2.42. The van der Waals surface area contributed by atoms with Crippen LogP contribution in [0.25, 0.3) is 0 Å². The normalized spacial score (nSPS) is 16.5. The second-order valence-corrected chi connectivity index (χ2v) is 6.06. The summed E-state index contributed by atoms with van der Waals surface area (Å²) in [5.41, 5.74) is 0.698. The lowest BCUT2D eigenvalue weighted by molar-refractivity contribution is 0.0697. The van der Waals surface area contributed by atoms with E-state index in [9.17, 15) is 14.7 Å². The van der Waals surface area contributed by atoms with Crippen molar-refractivity contribution in [2.24, 2.45) is 5.41 Å². The molecule has 2 rings (SSSR count). The molecule has 0 saturated heterocycles. The number of rotatable bonds is 4. The summed E-state index contributed by atoms with van der Waals surface area (Å²) in [7, 11) is 1.59. The second-order valence-electron chi connectivity index (χ2n) is 6.06. The second kappa shape index (κ2) is 6.16. The van der Waals surface area contributed by atoms with Gasteiger partial charge in [0.1, 0.15) is 0 Å². The van der Waals surface area contributed by atoms with Gasteiger partial charge >= 0.3 is 12.0 Å². The number of carbonyl (C=O) groups excluding carboxylic acids is 1. The minimum absolute atomic E-state index is 0.127. The van der Waals surface area contributed by atoms with Gasteiger partial charge in [0.25, 0.3) is 0 Å². The molecular weight excluding hydrogens is 268 g/mol. The van der Waals surface area contributed by atoms with Crippen molar-refractivity contribution in [1.29, 1.82) is 0 Å². The van der Waals surface area contributed by atoms with E-state index < -0.39 is 5.97 Å². The minimum Gasteiger partial charge on any atom is -0.478 e. The van der Waals surface area contributed by atoms with E-state index in [-0.39, 0.29) is 17.0 Å². The summed E-state index contributed by atoms with van der Waals surface area (Å²) < 4.78 is 0. The number of carbonyl (C=O) groups is 2. The molecule has 21 heavy (non-hydrogen) atoms. The van der Waals surface area contributed by atoms with Crippen molar-refractivity contribution in [2.45, 2.75) is 32.6 Å². The van der Waals surface area contributed by atoms with Crippen molar-refractivity contribution in [3.63, 3.8) is 0 Å². The lowest BCUT2D eigenvalue weighted by atomic mass is 9.89. The average molecular weight is 290 g/mol. The van der Waals surface area contributed by atoms with Gasteiger partial charge < -0.3 is 10.4 Å². The molecule has 1 saturated carbocycles. The number of nitrogens with zero attached hydrogens (tertiary/aromatic N) is 1. The first-order chi connectivity index (χ1) is 9.93. The predicted molar refractivity (Wildman–Crippen MR) is 81.8 cm³/mol. The molecule has 1 aromatic rings. The van der Waals surface area contributed by atoms with Crippen LogP contribution in [-0.4, -0.2) is 30.7 Å². The molecule has 0 radical (unpaired) electrons. The standard InChI is InChI=1S/C16H22N2O3/c1-16(9-5-6-10-16)11-17-15(21)18(2)13-8-4-3-7-12(13)14(19)20/h3-4,7-8H,5-6,9-11H2,1-2H3,(H,17,21)(H,19,20). The van der Waals surface area contributed by atoms with Crippen molar-refractivity contribution in [3.8, 4) is 0 Å². The molecule has 1 aromatic carbocycles. The van der Waals surface area contributed by atoms with Crippen LogP contribution < -0.4 is 10.2 Å². The molecule has 0 bridgehead atoms. The summed E-state index contributed by atoms with van der Waals surface area (Å²) >= 11 is 0. The first kappa shape index (κ1) is 15.4. The summed E-state index contributed by atoms with van der Waals surface area (Å²) in [4.78, 5) is 24.8. The van der Waals surface area contributed by atoms with Gasteiger partial charge in [-0.1, -0.05) is 31.9 Å². The van der Waals surface area contributed by atoms with E-state index in [1.807, 2.05) is 0 Å². The fraction of sp³-hybridized carbons (Fsp3) is 0.500. The maximum atomic E-state index is 12.2. The molecule has 2 N–H and O–H groups in total. The van der Waals surface area contributed by atoms with Crippen molar-refractivity contribution in [1.82, 2.24) is 5.32 Å². The Morgan fingerprint density at radius 2 is 1.90 bits per heavy atom. The molecule has 0 spiro atoms. The molecule has 5 heteroatoms. The van der Waals surface area contributed by atoms with Gasteiger partial charge in [0.2, 0.25) is 0 Å². The Morgan fingerprint density at radius 3 is 2.52 bits per heavy atom. The highest BCUT2D eigenvalue weighted by Crippen LogP contribution is 2.36. The van der Waals surface area contributed by atoms with Crippen molar-refractivity contribution < 1.29 is 14.7 Å². The van der Waals surface area contributed by atoms with Crippen LogP contribution in [0.5, 0.6) is 0 Å². The van der Waals surface area contributed by atoms with Crippen LogP contribution in [0.4, 0.5) is 10.5 Å². The first-order valence-electron chi connectivity index (χ1n) is 7.27. The topological polar surface area (TPSA) is 69.6 Å². The molecule has 1 fully saturated rings. The van der Waals surface area contributed by atoms with Gasteiger partial charge in [-0.3, -0.25) is 4.90 Å². The lowest BCUT2D eigenvalue weighted by Gasteiger charge is -2.26. The third kappa shape index (κ3) is 3.54. The van der Waals surface area contributed by atoms with E-state index in [1.165, 1.54) is 23.8 Å². The van der Waals surface area contributed by atoms with Crippen molar-refractivity contribution in [3.05, 3.63) is 29.8 Å². The van der Waals surface area contributed by atoms with Crippen LogP contribution >= 0.6 is 0 Å². The summed E-state index contributed by atoms with van der Waals surface area (Å²) in [6.45, 7) is 2.82. The number of aromatic carboxylic acids is 1. The first-order valence-corrected chi connectivity index (χ1v) is 7.27. The summed E-state index contributed by atoms with van der Waals surface area (Å²) in [5.74, 6) is -1.03. The number of urea groups is 1. The Bertz CT molecular complexity index is 536. The maximum Gasteiger partial charge on any atom is 0.337 e. The molecule has 1 aliphatic carbocycles. The van der Waals surface area contributed by atoms with Gasteiger partial charge in [-0.2, -0.15) is 0 Å². The summed E-state index contributed by atoms with van der Waals surface area (Å²) in [6.07, 6.45) is 4.68. The molecular formula is C16H22N2O3. The molecule has 2 amide bonds. The molecule has 0 aliphatic heterocycles. The zero-order chi connectivity index (χ0) is 15.5. The fourth-order valence-corrected chi connectivity index (χ4v) is 2.87. The van der Waals surface area contributed by atoms with Crippen LogP contribution in [0.1, 0.15) is 43.0 Å². The van der Waals surface area contributed by atoms with Crippen LogP contribution in [0, 0.1) is 5.41 Å². The molecule has 5 nitrogen and oxygen atoms in total. The smallest absolute Gasteiger partial charge is 0.337 e. The Hall–Kier alpha value is -2.04. The van der Waals surface area contributed by atoms with E-state index in [0.29, 0.717) is 12.2 Å². The number of anilines is 1. The zero-order valence-electron chi connectivity index (χ0n) is 12.6. The molecule has 0 aromatic heterocycles. The van der Waals surface area contributed by atoms with Gasteiger partial charge in [0, 0.05) is 13.6 Å². The molecule has 0 atom stereocenters. The highest BCUT2D eigenvalue weighted by Gasteiger charge is 2.29. The Labute approximate surface area is 125 Å². The Balaban J connectivity index is 2.04. The number of para-hydroxylation sites is 1. The zero-order valence-corrected chi connectivity index (χ0v) is 12.6. The third-order valence-electron chi connectivity index (χ3n) is 4.28. The van der Waals surface area contributed by atoms with E-state index in [0.717, 1.165) is 12.8 Å². The molecule has 114 valence electrons. The maximum absolute atomic E-state index is 12.2. The van der Waals surface area contributed by atoms with E-state index >= 15 is 0 Å². The number of nitrogens with one attached hydrogen (secondary N) is 1. The highest BCUT2D eigenvalue weighted by atomic mass is 16.4. The number of hydrogen-bond donors (Lipinski definition) is 2. The number of carboxylic acids is 1. The van der Waals surface area contributed by atoms with Gasteiger partial charge in [-0.25, -0.2) is 9.59 Å². The Kier molecular flexibility index (Phi) is 4.50. The fourth-order valence-electron chi connectivity index (χ4n) is 2.87.